The number of likely N-dealkylation sites (tertiary alicyclic amines) is 1. The Morgan fingerprint density at radius 2 is 1.53 bits per heavy atom. The summed E-state index contributed by atoms with van der Waals surface area (Å²) in [6.45, 7) is 9.80. The molecule has 1 amide bonds. The highest BCUT2D eigenvalue weighted by molar-refractivity contribution is 6.98. The van der Waals surface area contributed by atoms with Crippen molar-refractivity contribution in [2.75, 3.05) is 0 Å². The van der Waals surface area contributed by atoms with Crippen LogP contribution in [0.3, 0.4) is 0 Å². The van der Waals surface area contributed by atoms with E-state index >= 15 is 0 Å². The largest absolute Gasteiger partial charge is 0.444 e. The van der Waals surface area contributed by atoms with Gasteiger partial charge >= 0.3 is 6.09 Å². The van der Waals surface area contributed by atoms with Gasteiger partial charge in [-0.1, -0.05) is 74.5 Å². The molecule has 1 heterocycles. The van der Waals surface area contributed by atoms with Crippen LogP contribution in [0.2, 0.25) is 5.04 Å². The number of rotatable bonds is 7. The lowest BCUT2D eigenvalue weighted by molar-refractivity contribution is -0.115. The van der Waals surface area contributed by atoms with Crippen molar-refractivity contribution in [3.8, 4) is 0 Å². The van der Waals surface area contributed by atoms with Crippen molar-refractivity contribution >= 4 is 31.1 Å². The van der Waals surface area contributed by atoms with Crippen molar-refractivity contribution in [1.82, 2.24) is 4.90 Å². The fourth-order valence-electron chi connectivity index (χ4n) is 5.14. The first-order valence-electron chi connectivity index (χ1n) is 12.3. The predicted octanol–water partition coefficient (Wildman–Crippen LogP) is 4.66. The first-order valence-corrected chi connectivity index (χ1v) is 14.2. The fourth-order valence-corrected chi connectivity index (χ4v) is 8.90. The minimum absolute atomic E-state index is 0.0946. The van der Waals surface area contributed by atoms with Gasteiger partial charge in [0.05, 0.1) is 6.04 Å². The molecule has 0 spiro atoms. The lowest BCUT2D eigenvalue weighted by atomic mass is 9.91. The lowest BCUT2D eigenvalue weighted by Crippen LogP contribution is -2.65. The summed E-state index contributed by atoms with van der Waals surface area (Å²) in [5.41, 5.74) is -0.625. The van der Waals surface area contributed by atoms with Gasteiger partial charge in [-0.3, -0.25) is 4.90 Å². The number of hydrogen-bond acceptors (Lipinski definition) is 4. The highest BCUT2D eigenvalue weighted by Gasteiger charge is 2.50. The van der Waals surface area contributed by atoms with Crippen LogP contribution in [0.4, 0.5) is 4.79 Å². The Bertz CT molecular complexity index is 916. The number of hydrogen-bond donors (Lipinski definition) is 1. The molecular formula is C28H39NO4Si. The average molecular weight is 482 g/mol. The Morgan fingerprint density at radius 1 is 1.00 bits per heavy atom. The van der Waals surface area contributed by atoms with E-state index in [1.165, 1.54) is 0 Å². The zero-order chi connectivity index (χ0) is 25.0. The third kappa shape index (κ3) is 5.61. The molecule has 2 unspecified atom stereocenters. The van der Waals surface area contributed by atoms with E-state index < -0.39 is 31.1 Å². The number of nitrogens with zero attached hydrogens (tertiary/aromatic N) is 1. The van der Waals surface area contributed by atoms with E-state index in [4.69, 9.17) is 4.74 Å². The molecule has 0 radical (unpaired) electrons. The first kappa shape index (κ1) is 26.2. The Kier molecular flexibility index (Phi) is 8.04. The summed E-state index contributed by atoms with van der Waals surface area (Å²) in [7, 11) is -3.13. The molecular weight excluding hydrogens is 442 g/mol. The molecule has 6 heteroatoms. The highest BCUT2D eigenvalue weighted by atomic mass is 28.4. The van der Waals surface area contributed by atoms with Gasteiger partial charge in [0.1, 0.15) is 11.9 Å². The van der Waals surface area contributed by atoms with Gasteiger partial charge in [-0.2, -0.15) is 0 Å². The first-order chi connectivity index (χ1) is 16.0. The molecule has 2 aromatic rings. The Balaban J connectivity index is 1.89. The van der Waals surface area contributed by atoms with Crippen molar-refractivity contribution in [3.63, 3.8) is 0 Å². The topological polar surface area (TPSA) is 66.8 Å². The van der Waals surface area contributed by atoms with Crippen LogP contribution >= 0.6 is 0 Å². The summed E-state index contributed by atoms with van der Waals surface area (Å²) >= 11 is 0. The van der Waals surface area contributed by atoms with E-state index in [2.05, 4.69) is 13.8 Å². The van der Waals surface area contributed by atoms with Crippen molar-refractivity contribution in [2.45, 2.75) is 89.4 Å². The number of benzene rings is 2. The summed E-state index contributed by atoms with van der Waals surface area (Å²) in [6.07, 6.45) is 4.25. The van der Waals surface area contributed by atoms with Crippen LogP contribution in [0.15, 0.2) is 60.7 Å². The molecule has 2 aromatic carbocycles. The van der Waals surface area contributed by atoms with Gasteiger partial charge in [0.25, 0.3) is 8.32 Å². The molecule has 2 atom stereocenters. The van der Waals surface area contributed by atoms with Gasteiger partial charge in [0.2, 0.25) is 0 Å². The highest BCUT2D eigenvalue weighted by Crippen LogP contribution is 2.41. The Morgan fingerprint density at radius 3 is 2.00 bits per heavy atom. The van der Waals surface area contributed by atoms with Crippen LogP contribution < -0.4 is 10.4 Å². The number of amides is 1. The second-order valence-corrected chi connectivity index (χ2v) is 15.0. The van der Waals surface area contributed by atoms with Gasteiger partial charge in [-0.15, -0.1) is 0 Å². The van der Waals surface area contributed by atoms with E-state index in [0.717, 1.165) is 35.9 Å². The zero-order valence-corrected chi connectivity index (χ0v) is 22.2. The standard InChI is InChI=1S/C28H39NO4Si/c1-27(2,3)33-26(31)29-22(13-12-14-23(29)21-30)19-20-28(4,5)34(32,24-15-8-6-9-16-24)25-17-10-7-11-18-25/h6-11,15-18,21-23,32H,12-14,19-20H2,1-5H3. The molecule has 1 fully saturated rings. The summed E-state index contributed by atoms with van der Waals surface area (Å²) in [6, 6.07) is 19.4. The summed E-state index contributed by atoms with van der Waals surface area (Å²) in [5.74, 6) is 0. The van der Waals surface area contributed by atoms with E-state index in [1.807, 2.05) is 81.4 Å². The quantitative estimate of drug-likeness (QED) is 0.462. The van der Waals surface area contributed by atoms with E-state index in [-0.39, 0.29) is 6.04 Å². The van der Waals surface area contributed by atoms with Crippen molar-refractivity contribution < 1.29 is 19.1 Å². The molecule has 1 N–H and O–H groups in total. The number of ether oxygens (including phenoxy) is 1. The van der Waals surface area contributed by atoms with Gasteiger partial charge < -0.3 is 14.3 Å². The van der Waals surface area contributed by atoms with Crippen molar-refractivity contribution in [3.05, 3.63) is 60.7 Å². The summed E-state index contributed by atoms with van der Waals surface area (Å²) in [4.78, 5) is 39.0. The van der Waals surface area contributed by atoms with Crippen LogP contribution in [0, 0.1) is 0 Å². The van der Waals surface area contributed by atoms with Gasteiger partial charge in [0.15, 0.2) is 0 Å². The van der Waals surface area contributed by atoms with Crippen molar-refractivity contribution in [1.29, 1.82) is 0 Å². The molecule has 0 saturated carbocycles. The maximum absolute atomic E-state index is 13.1. The second kappa shape index (κ2) is 10.4. The normalized spacial score (nSPS) is 19.5. The maximum atomic E-state index is 13.1. The molecule has 1 saturated heterocycles. The van der Waals surface area contributed by atoms with E-state index in [1.54, 1.807) is 4.90 Å². The summed E-state index contributed by atoms with van der Waals surface area (Å²) in [5, 5.41) is 1.54. The molecule has 184 valence electrons. The SMILES string of the molecule is CC(C)(C)OC(=O)N1C(C=O)CCCC1CCC(C)(C)[Si](O)(c1ccccc1)c1ccccc1. The number of piperidine rings is 1. The minimum Gasteiger partial charge on any atom is -0.444 e. The second-order valence-electron chi connectivity index (χ2n) is 11.0. The lowest BCUT2D eigenvalue weighted by Gasteiger charge is -2.44. The number of carbonyl (C=O) groups is 2. The number of aldehydes is 1. The van der Waals surface area contributed by atoms with Crippen LogP contribution in [0.5, 0.6) is 0 Å². The molecule has 34 heavy (non-hydrogen) atoms. The third-order valence-electron chi connectivity index (χ3n) is 7.01. The molecule has 0 bridgehead atoms. The van der Waals surface area contributed by atoms with Gasteiger partial charge in [-0.05, 0) is 68.3 Å². The Hall–Kier alpha value is -2.44. The summed E-state index contributed by atoms with van der Waals surface area (Å²) < 4.78 is 5.66. The monoisotopic (exact) mass is 481 g/mol. The smallest absolute Gasteiger partial charge is 0.411 e. The average Bonchev–Trinajstić information content (AvgIpc) is 2.81. The van der Waals surface area contributed by atoms with Crippen molar-refractivity contribution in [2.24, 2.45) is 0 Å². The van der Waals surface area contributed by atoms with Crippen LogP contribution in [-0.4, -0.2) is 48.1 Å². The van der Waals surface area contributed by atoms with Crippen LogP contribution in [0.1, 0.15) is 66.7 Å². The van der Waals surface area contributed by atoms with Gasteiger partial charge in [0, 0.05) is 6.04 Å². The minimum atomic E-state index is -3.13. The molecule has 1 aliphatic heterocycles. The molecule has 0 aliphatic carbocycles. The number of carbonyl (C=O) groups excluding carboxylic acids is 2. The van der Waals surface area contributed by atoms with E-state index in [9.17, 15) is 14.4 Å². The molecule has 1 aliphatic rings. The molecule has 0 aromatic heterocycles. The Labute approximate surface area is 205 Å². The molecule has 3 rings (SSSR count). The van der Waals surface area contributed by atoms with Gasteiger partial charge in [-0.25, -0.2) is 4.79 Å². The predicted molar refractivity (Wildman–Crippen MR) is 139 cm³/mol. The van der Waals surface area contributed by atoms with Crippen LogP contribution in [0.25, 0.3) is 0 Å². The fraction of sp³-hybridized carbons (Fsp3) is 0.500. The third-order valence-corrected chi connectivity index (χ3v) is 11.6. The maximum Gasteiger partial charge on any atom is 0.411 e. The van der Waals surface area contributed by atoms with Crippen LogP contribution in [-0.2, 0) is 9.53 Å². The zero-order valence-electron chi connectivity index (χ0n) is 21.2. The van der Waals surface area contributed by atoms with E-state index in [0.29, 0.717) is 12.8 Å². The molecule has 5 nitrogen and oxygen atoms in total.